The minimum atomic E-state index is 0.633. The molecule has 0 radical (unpaired) electrons. The van der Waals surface area contributed by atoms with Gasteiger partial charge in [0.2, 0.25) is 5.95 Å². The Bertz CT molecular complexity index is 936. The molecule has 116 valence electrons. The number of aromatic amines is 1. The van der Waals surface area contributed by atoms with Gasteiger partial charge in [0.15, 0.2) is 0 Å². The molecule has 1 aromatic heterocycles. The minimum Gasteiger partial charge on any atom is -0.323 e. The van der Waals surface area contributed by atoms with Crippen molar-refractivity contribution in [3.63, 3.8) is 0 Å². The Kier molecular flexibility index (Phi) is 3.78. The van der Waals surface area contributed by atoms with Gasteiger partial charge in [-0.05, 0) is 28.8 Å². The van der Waals surface area contributed by atoms with E-state index >= 15 is 0 Å². The third-order valence-electron chi connectivity index (χ3n) is 3.79. The van der Waals surface area contributed by atoms with Crippen molar-refractivity contribution < 1.29 is 0 Å². The first-order valence-corrected chi connectivity index (χ1v) is 7.78. The molecule has 0 aliphatic heterocycles. The number of fused-ring (bicyclic) bond motifs is 1. The lowest BCUT2D eigenvalue weighted by Crippen LogP contribution is -1.92. The van der Waals surface area contributed by atoms with Crippen molar-refractivity contribution in [1.82, 2.24) is 9.97 Å². The van der Waals surface area contributed by atoms with E-state index in [-0.39, 0.29) is 0 Å². The molecule has 4 rings (SSSR count). The molecule has 0 fully saturated rings. The Morgan fingerprint density at radius 1 is 0.792 bits per heavy atom. The number of anilines is 1. The van der Waals surface area contributed by atoms with E-state index in [1.807, 2.05) is 54.6 Å². The maximum atomic E-state index is 4.42. The van der Waals surface area contributed by atoms with E-state index in [2.05, 4.69) is 44.8 Å². The Labute approximate surface area is 139 Å². The van der Waals surface area contributed by atoms with Gasteiger partial charge in [-0.15, -0.1) is 0 Å². The van der Waals surface area contributed by atoms with Crippen LogP contribution < -0.4 is 5.43 Å². The highest BCUT2D eigenvalue weighted by atomic mass is 15.3. The van der Waals surface area contributed by atoms with Gasteiger partial charge in [-0.3, -0.25) is 0 Å². The van der Waals surface area contributed by atoms with Crippen LogP contribution in [0.4, 0.5) is 5.95 Å². The highest BCUT2D eigenvalue weighted by Crippen LogP contribution is 2.18. The third-order valence-corrected chi connectivity index (χ3v) is 3.79. The van der Waals surface area contributed by atoms with Crippen molar-refractivity contribution in [2.75, 3.05) is 5.43 Å². The molecule has 0 spiro atoms. The molecule has 1 heterocycles. The normalized spacial score (nSPS) is 11.2. The van der Waals surface area contributed by atoms with Gasteiger partial charge in [0.25, 0.3) is 0 Å². The van der Waals surface area contributed by atoms with E-state index in [0.29, 0.717) is 5.95 Å². The van der Waals surface area contributed by atoms with E-state index in [4.69, 9.17) is 0 Å². The zero-order valence-corrected chi connectivity index (χ0v) is 13.0. The van der Waals surface area contributed by atoms with Gasteiger partial charge in [0.05, 0.1) is 17.2 Å². The number of hydrogen-bond donors (Lipinski definition) is 2. The van der Waals surface area contributed by atoms with Crippen molar-refractivity contribution in [2.24, 2.45) is 5.10 Å². The van der Waals surface area contributed by atoms with E-state index in [1.165, 1.54) is 11.1 Å². The first-order valence-electron chi connectivity index (χ1n) is 7.78. The van der Waals surface area contributed by atoms with Crippen LogP contribution in [0.1, 0.15) is 5.56 Å². The number of nitrogens with one attached hydrogen (secondary N) is 2. The van der Waals surface area contributed by atoms with Crippen molar-refractivity contribution in [3.05, 3.63) is 84.4 Å². The van der Waals surface area contributed by atoms with Crippen LogP contribution in [0.2, 0.25) is 0 Å². The lowest BCUT2D eigenvalue weighted by atomic mass is 10.0. The summed E-state index contributed by atoms with van der Waals surface area (Å²) in [5, 5.41) is 4.24. The van der Waals surface area contributed by atoms with Crippen LogP contribution in [0.15, 0.2) is 84.0 Å². The molecular formula is C20H16N4. The summed E-state index contributed by atoms with van der Waals surface area (Å²) in [6.07, 6.45) is 1.78. The van der Waals surface area contributed by atoms with Gasteiger partial charge in [-0.25, -0.2) is 10.4 Å². The van der Waals surface area contributed by atoms with Gasteiger partial charge in [0, 0.05) is 0 Å². The van der Waals surface area contributed by atoms with E-state index < -0.39 is 0 Å². The predicted octanol–water partition coefficient (Wildman–Crippen LogP) is 4.68. The number of benzene rings is 3. The summed E-state index contributed by atoms with van der Waals surface area (Å²) in [5.74, 6) is 0.633. The molecule has 4 nitrogen and oxygen atoms in total. The van der Waals surface area contributed by atoms with E-state index in [0.717, 1.165) is 16.6 Å². The Hall–Kier alpha value is -3.40. The lowest BCUT2D eigenvalue weighted by molar-refractivity contribution is 1.21. The Morgan fingerprint density at radius 3 is 2.29 bits per heavy atom. The van der Waals surface area contributed by atoms with Crippen LogP contribution >= 0.6 is 0 Å². The van der Waals surface area contributed by atoms with Crippen LogP contribution in [0.3, 0.4) is 0 Å². The summed E-state index contributed by atoms with van der Waals surface area (Å²) < 4.78 is 0. The summed E-state index contributed by atoms with van der Waals surface area (Å²) >= 11 is 0. The van der Waals surface area contributed by atoms with Crippen LogP contribution in [0.25, 0.3) is 22.2 Å². The first-order chi connectivity index (χ1) is 11.9. The number of nitrogens with zero attached hydrogens (tertiary/aromatic N) is 2. The monoisotopic (exact) mass is 312 g/mol. The molecule has 4 aromatic rings. The SMILES string of the molecule is C(=N\Nc1nc2ccccc2[nH]1)/c1ccc(-c2ccccc2)cc1. The van der Waals surface area contributed by atoms with Crippen LogP contribution in [-0.2, 0) is 0 Å². The second-order valence-electron chi connectivity index (χ2n) is 5.46. The Morgan fingerprint density at radius 2 is 1.50 bits per heavy atom. The molecule has 2 N–H and O–H groups in total. The highest BCUT2D eigenvalue weighted by molar-refractivity contribution is 5.82. The third kappa shape index (κ3) is 3.03. The summed E-state index contributed by atoms with van der Waals surface area (Å²) in [6, 6.07) is 26.5. The van der Waals surface area contributed by atoms with Crippen molar-refractivity contribution in [1.29, 1.82) is 0 Å². The maximum absolute atomic E-state index is 4.42. The number of rotatable bonds is 4. The van der Waals surface area contributed by atoms with Gasteiger partial charge < -0.3 is 4.98 Å². The smallest absolute Gasteiger partial charge is 0.222 e. The number of para-hydroxylation sites is 2. The summed E-state index contributed by atoms with van der Waals surface area (Å²) in [6.45, 7) is 0. The minimum absolute atomic E-state index is 0.633. The predicted molar refractivity (Wildman–Crippen MR) is 99.2 cm³/mol. The summed E-state index contributed by atoms with van der Waals surface area (Å²) in [5.41, 5.74) is 8.27. The van der Waals surface area contributed by atoms with Gasteiger partial charge in [-0.2, -0.15) is 5.10 Å². The van der Waals surface area contributed by atoms with E-state index in [1.54, 1.807) is 6.21 Å². The number of H-pyrrole nitrogens is 1. The van der Waals surface area contributed by atoms with Gasteiger partial charge in [0.1, 0.15) is 0 Å². The highest BCUT2D eigenvalue weighted by Gasteiger charge is 1.99. The number of hydrogen-bond acceptors (Lipinski definition) is 3. The average molecular weight is 312 g/mol. The second-order valence-corrected chi connectivity index (χ2v) is 5.46. The number of imidazole rings is 1. The fraction of sp³-hybridized carbons (Fsp3) is 0. The van der Waals surface area contributed by atoms with Crippen molar-refractivity contribution in [3.8, 4) is 11.1 Å². The summed E-state index contributed by atoms with van der Waals surface area (Å²) in [7, 11) is 0. The second kappa shape index (κ2) is 6.38. The number of aromatic nitrogens is 2. The molecule has 0 bridgehead atoms. The van der Waals surface area contributed by atoms with Crippen LogP contribution in [0.5, 0.6) is 0 Å². The molecule has 24 heavy (non-hydrogen) atoms. The molecule has 0 saturated carbocycles. The zero-order chi connectivity index (χ0) is 16.2. The molecule has 0 unspecified atom stereocenters. The molecule has 0 atom stereocenters. The molecular weight excluding hydrogens is 296 g/mol. The molecule has 0 amide bonds. The van der Waals surface area contributed by atoms with Gasteiger partial charge >= 0.3 is 0 Å². The fourth-order valence-electron chi connectivity index (χ4n) is 2.57. The molecule has 0 saturated heterocycles. The van der Waals surface area contributed by atoms with Crippen molar-refractivity contribution >= 4 is 23.2 Å². The van der Waals surface area contributed by atoms with Crippen molar-refractivity contribution in [2.45, 2.75) is 0 Å². The largest absolute Gasteiger partial charge is 0.323 e. The lowest BCUT2D eigenvalue weighted by Gasteiger charge is -2.01. The molecule has 3 aromatic carbocycles. The van der Waals surface area contributed by atoms with Gasteiger partial charge in [-0.1, -0.05) is 66.7 Å². The number of hydrazone groups is 1. The maximum Gasteiger partial charge on any atom is 0.222 e. The fourth-order valence-corrected chi connectivity index (χ4v) is 2.57. The van der Waals surface area contributed by atoms with Crippen LogP contribution in [0, 0.1) is 0 Å². The van der Waals surface area contributed by atoms with Crippen LogP contribution in [-0.4, -0.2) is 16.2 Å². The standard InChI is InChI=1S/C20H16N4/c1-2-6-16(7-3-1)17-12-10-15(11-13-17)14-21-24-20-22-18-8-4-5-9-19(18)23-20/h1-14H,(H2,22,23,24)/b21-14+. The quantitative estimate of drug-likeness (QED) is 0.425. The first kappa shape index (κ1) is 14.2. The average Bonchev–Trinajstić information content (AvgIpc) is 3.06. The molecule has 0 aliphatic carbocycles. The molecule has 4 heteroatoms. The molecule has 0 aliphatic rings. The summed E-state index contributed by atoms with van der Waals surface area (Å²) in [4.78, 5) is 7.59. The zero-order valence-electron chi connectivity index (χ0n) is 13.0. The topological polar surface area (TPSA) is 53.1 Å². The Balaban J connectivity index is 1.46. The van der Waals surface area contributed by atoms with E-state index in [9.17, 15) is 0 Å².